The Labute approximate surface area is 304 Å². The van der Waals surface area contributed by atoms with E-state index >= 15 is 0 Å². The summed E-state index contributed by atoms with van der Waals surface area (Å²) in [5, 5.41) is 2.58. The zero-order chi connectivity index (χ0) is 34.3. The number of thiophene rings is 1. The molecule has 4 atom stereocenters. The molecule has 2 saturated carbocycles. The first kappa shape index (κ1) is 31.1. The van der Waals surface area contributed by atoms with Crippen LogP contribution >= 0.6 is 11.3 Å². The average Bonchev–Trinajstić information content (AvgIpc) is 3.54. The van der Waals surface area contributed by atoms with Gasteiger partial charge in [0, 0.05) is 42.6 Å². The van der Waals surface area contributed by atoms with E-state index in [2.05, 4.69) is 127 Å². The zero-order valence-corrected chi connectivity index (χ0v) is 30.3. The van der Waals surface area contributed by atoms with E-state index < -0.39 is 9.84 Å². The first-order valence-electron chi connectivity index (χ1n) is 18.3. The van der Waals surface area contributed by atoms with Crippen LogP contribution in [0.3, 0.4) is 0 Å². The first-order chi connectivity index (χ1) is 24.9. The molecular formula is C46H39NO2S2. The Morgan fingerprint density at radius 1 is 0.627 bits per heavy atom. The van der Waals surface area contributed by atoms with Crippen LogP contribution in [0.1, 0.15) is 50.2 Å². The van der Waals surface area contributed by atoms with Crippen LogP contribution in [0.5, 0.6) is 0 Å². The van der Waals surface area contributed by atoms with Gasteiger partial charge in [-0.1, -0.05) is 98.3 Å². The molecular weight excluding hydrogens is 663 g/mol. The molecule has 7 aromatic rings. The van der Waals surface area contributed by atoms with Crippen LogP contribution < -0.4 is 4.90 Å². The quantitative estimate of drug-likeness (QED) is 0.183. The molecule has 0 N–H and O–H groups in total. The normalized spacial score (nSPS) is 23.2. The molecule has 10 rings (SSSR count). The molecule has 2 heterocycles. The van der Waals surface area contributed by atoms with E-state index in [-0.39, 0.29) is 5.41 Å². The SMILES string of the molecule is C[C@@H]1C[C@H]2CCC[C@@H](C1)C21c2ccccc2S(=O)(=O)c2ccc(N(c3ccccc3)c3cccc(-c4cccc5c4sc4ccccc45)c3)cc21. The van der Waals surface area contributed by atoms with Crippen molar-refractivity contribution in [2.45, 2.75) is 54.2 Å². The Balaban J connectivity index is 1.19. The topological polar surface area (TPSA) is 37.4 Å². The molecule has 1 aromatic heterocycles. The van der Waals surface area contributed by atoms with Gasteiger partial charge in [0.25, 0.3) is 0 Å². The van der Waals surface area contributed by atoms with Crippen molar-refractivity contribution in [2.24, 2.45) is 17.8 Å². The summed E-state index contributed by atoms with van der Waals surface area (Å²) in [6, 6.07) is 48.8. The second-order valence-corrected chi connectivity index (χ2v) is 17.9. The molecule has 51 heavy (non-hydrogen) atoms. The van der Waals surface area contributed by atoms with Gasteiger partial charge in [0.05, 0.1) is 9.79 Å². The van der Waals surface area contributed by atoms with Gasteiger partial charge in [-0.15, -0.1) is 11.3 Å². The summed E-state index contributed by atoms with van der Waals surface area (Å²) < 4.78 is 31.6. The maximum atomic E-state index is 14.5. The molecule has 0 amide bonds. The van der Waals surface area contributed by atoms with E-state index in [1.165, 1.54) is 32.2 Å². The molecule has 6 aromatic carbocycles. The molecule has 3 nitrogen and oxygen atoms in total. The lowest BCUT2D eigenvalue weighted by atomic mass is 9.48. The number of rotatable bonds is 4. The van der Waals surface area contributed by atoms with Gasteiger partial charge in [0.1, 0.15) is 0 Å². The minimum absolute atomic E-state index is 0.320. The molecule has 2 fully saturated rings. The van der Waals surface area contributed by atoms with E-state index in [4.69, 9.17) is 0 Å². The zero-order valence-electron chi connectivity index (χ0n) is 28.6. The summed E-state index contributed by atoms with van der Waals surface area (Å²) in [4.78, 5) is 3.33. The van der Waals surface area contributed by atoms with Crippen molar-refractivity contribution in [2.75, 3.05) is 4.90 Å². The molecule has 3 aliphatic rings. The van der Waals surface area contributed by atoms with E-state index in [0.717, 1.165) is 59.4 Å². The molecule has 0 saturated heterocycles. The van der Waals surface area contributed by atoms with Crippen molar-refractivity contribution in [3.8, 4) is 11.1 Å². The van der Waals surface area contributed by atoms with Crippen molar-refractivity contribution in [3.63, 3.8) is 0 Å². The van der Waals surface area contributed by atoms with Gasteiger partial charge in [-0.05, 0) is 120 Å². The van der Waals surface area contributed by atoms with Gasteiger partial charge in [-0.3, -0.25) is 0 Å². The van der Waals surface area contributed by atoms with Gasteiger partial charge in [-0.2, -0.15) is 0 Å². The van der Waals surface area contributed by atoms with Gasteiger partial charge in [0.2, 0.25) is 9.84 Å². The van der Waals surface area contributed by atoms with E-state index in [9.17, 15) is 8.42 Å². The number of hydrogen-bond donors (Lipinski definition) is 0. The van der Waals surface area contributed by atoms with Crippen LogP contribution in [0.25, 0.3) is 31.3 Å². The monoisotopic (exact) mass is 701 g/mol. The molecule has 2 bridgehead atoms. The van der Waals surface area contributed by atoms with Crippen LogP contribution in [-0.4, -0.2) is 8.42 Å². The van der Waals surface area contributed by atoms with Gasteiger partial charge >= 0.3 is 0 Å². The predicted octanol–water partition coefficient (Wildman–Crippen LogP) is 12.5. The maximum absolute atomic E-state index is 14.5. The number of para-hydroxylation sites is 1. The number of sulfone groups is 1. The fraction of sp³-hybridized carbons (Fsp3) is 0.217. The molecule has 0 radical (unpaired) electrons. The molecule has 1 aliphatic heterocycles. The Kier molecular flexibility index (Phi) is 7.10. The summed E-state index contributed by atoms with van der Waals surface area (Å²) in [7, 11) is -3.69. The lowest BCUT2D eigenvalue weighted by molar-refractivity contribution is 0.0488. The maximum Gasteiger partial charge on any atom is 0.207 e. The van der Waals surface area contributed by atoms with E-state index in [0.29, 0.717) is 27.5 Å². The number of fused-ring (bicyclic) bond motifs is 5. The van der Waals surface area contributed by atoms with Gasteiger partial charge < -0.3 is 4.90 Å². The van der Waals surface area contributed by atoms with Crippen molar-refractivity contribution < 1.29 is 8.42 Å². The van der Waals surface area contributed by atoms with Crippen LogP contribution in [0, 0.1) is 17.8 Å². The van der Waals surface area contributed by atoms with E-state index in [1.807, 2.05) is 35.6 Å². The first-order valence-corrected chi connectivity index (χ1v) is 20.6. The Hall–Kier alpha value is -4.71. The predicted molar refractivity (Wildman–Crippen MR) is 211 cm³/mol. The third-order valence-corrected chi connectivity index (χ3v) is 15.3. The molecule has 2 aliphatic carbocycles. The lowest BCUT2D eigenvalue weighted by Crippen LogP contribution is -2.53. The van der Waals surface area contributed by atoms with Crippen LogP contribution in [0.4, 0.5) is 17.1 Å². The summed E-state index contributed by atoms with van der Waals surface area (Å²) in [5.74, 6) is 1.44. The smallest absolute Gasteiger partial charge is 0.207 e. The summed E-state index contributed by atoms with van der Waals surface area (Å²) >= 11 is 1.85. The third kappa shape index (κ3) is 4.57. The highest BCUT2D eigenvalue weighted by atomic mass is 32.2. The van der Waals surface area contributed by atoms with E-state index in [1.54, 1.807) is 0 Å². The number of hydrogen-bond acceptors (Lipinski definition) is 4. The number of anilines is 3. The van der Waals surface area contributed by atoms with Crippen LogP contribution in [0.15, 0.2) is 149 Å². The Morgan fingerprint density at radius 3 is 2.14 bits per heavy atom. The second kappa shape index (κ2) is 11.7. The third-order valence-electron chi connectivity index (χ3n) is 12.2. The standard InChI is InChI=1S/C46H39NO2S2/c1-30-26-32-13-10-14-33(27-30)46(32)40-21-6-8-23-43(40)51(48,49)44-25-24-36(29-41(44)46)47(34-15-3-2-4-16-34)35-17-9-12-31(28-35)37-19-11-20-39-38-18-5-7-22-42(38)50-45(37)39/h2-9,11-12,15-25,28-30,32-33H,10,13-14,26-27H2,1H3/t30-,32-,33+,46?. The summed E-state index contributed by atoms with van der Waals surface area (Å²) in [5.41, 5.74) is 7.17. The molecule has 252 valence electrons. The molecule has 5 heteroatoms. The number of nitrogens with zero attached hydrogens (tertiary/aromatic N) is 1. The fourth-order valence-corrected chi connectivity index (χ4v) is 13.3. The lowest BCUT2D eigenvalue weighted by Gasteiger charge is -2.57. The highest BCUT2D eigenvalue weighted by molar-refractivity contribution is 7.91. The highest BCUT2D eigenvalue weighted by Crippen LogP contribution is 2.63. The van der Waals surface area contributed by atoms with Gasteiger partial charge in [-0.25, -0.2) is 8.42 Å². The minimum atomic E-state index is -3.69. The van der Waals surface area contributed by atoms with Crippen molar-refractivity contribution in [1.82, 2.24) is 0 Å². The van der Waals surface area contributed by atoms with Crippen LogP contribution in [-0.2, 0) is 15.3 Å². The second-order valence-electron chi connectivity index (χ2n) is 15.0. The Bertz CT molecular complexity index is 2570. The average molecular weight is 702 g/mol. The van der Waals surface area contributed by atoms with Crippen molar-refractivity contribution in [3.05, 3.63) is 151 Å². The van der Waals surface area contributed by atoms with Gasteiger partial charge in [0.15, 0.2) is 0 Å². The molecule has 1 unspecified atom stereocenters. The highest BCUT2D eigenvalue weighted by Gasteiger charge is 2.58. The minimum Gasteiger partial charge on any atom is -0.310 e. The van der Waals surface area contributed by atoms with Crippen molar-refractivity contribution in [1.29, 1.82) is 0 Å². The summed E-state index contributed by atoms with van der Waals surface area (Å²) in [6.45, 7) is 2.39. The summed E-state index contributed by atoms with van der Waals surface area (Å²) in [6.07, 6.45) is 5.73. The Morgan fingerprint density at radius 2 is 1.29 bits per heavy atom. The largest absolute Gasteiger partial charge is 0.310 e. The molecule has 1 spiro atoms. The fourth-order valence-electron chi connectivity index (χ4n) is 10.3. The van der Waals surface area contributed by atoms with Crippen molar-refractivity contribution >= 4 is 58.4 Å². The number of benzene rings is 6. The van der Waals surface area contributed by atoms with Crippen LogP contribution in [0.2, 0.25) is 0 Å².